The highest BCUT2D eigenvalue weighted by Gasteiger charge is 2.06. The smallest absolute Gasteiger partial charge is 0.251 e. The van der Waals surface area contributed by atoms with E-state index in [-0.39, 0.29) is 5.91 Å². The molecule has 110 valence electrons. The molecule has 2 rings (SSSR count). The molecule has 2 aromatic rings. The highest BCUT2D eigenvalue weighted by molar-refractivity contribution is 5.95. The monoisotopic (exact) mass is 284 g/mol. The van der Waals surface area contributed by atoms with Crippen molar-refractivity contribution in [2.75, 3.05) is 19.5 Å². The lowest BCUT2D eigenvalue weighted by atomic mass is 10.1. The number of methoxy groups -OCH3 is 1. The highest BCUT2D eigenvalue weighted by atomic mass is 16.5. The molecule has 0 aromatic heterocycles. The third-order valence-electron chi connectivity index (χ3n) is 3.34. The number of benzene rings is 2. The molecule has 4 heteroatoms. The molecular formula is C17H20N2O2. The van der Waals surface area contributed by atoms with Crippen molar-refractivity contribution < 1.29 is 9.53 Å². The van der Waals surface area contributed by atoms with Gasteiger partial charge in [-0.15, -0.1) is 0 Å². The summed E-state index contributed by atoms with van der Waals surface area (Å²) in [6, 6.07) is 13.5. The van der Waals surface area contributed by atoms with Gasteiger partial charge in [0.1, 0.15) is 5.75 Å². The molecule has 0 unspecified atom stereocenters. The van der Waals surface area contributed by atoms with Crippen molar-refractivity contribution in [3.8, 4) is 5.75 Å². The van der Waals surface area contributed by atoms with Crippen LogP contribution < -0.4 is 15.4 Å². The molecule has 0 bridgehead atoms. The van der Waals surface area contributed by atoms with Gasteiger partial charge in [0.05, 0.1) is 7.11 Å². The molecule has 1 amide bonds. The van der Waals surface area contributed by atoms with Crippen LogP contribution in [0.2, 0.25) is 0 Å². The van der Waals surface area contributed by atoms with Crippen LogP contribution in [0.1, 0.15) is 21.5 Å². The summed E-state index contributed by atoms with van der Waals surface area (Å²) in [7, 11) is 3.29. The van der Waals surface area contributed by atoms with E-state index in [0.717, 1.165) is 22.6 Å². The van der Waals surface area contributed by atoms with E-state index >= 15 is 0 Å². The summed E-state index contributed by atoms with van der Waals surface area (Å²) in [5.41, 5.74) is 3.83. The van der Waals surface area contributed by atoms with E-state index in [1.165, 1.54) is 0 Å². The van der Waals surface area contributed by atoms with Crippen LogP contribution in [0, 0.1) is 6.92 Å². The minimum Gasteiger partial charge on any atom is -0.497 e. The van der Waals surface area contributed by atoms with E-state index in [4.69, 9.17) is 4.74 Å². The van der Waals surface area contributed by atoms with Crippen molar-refractivity contribution in [3.05, 3.63) is 59.2 Å². The lowest BCUT2D eigenvalue weighted by molar-refractivity contribution is 0.0963. The molecule has 2 aromatic carbocycles. The fraction of sp³-hybridized carbons (Fsp3) is 0.235. The zero-order valence-corrected chi connectivity index (χ0v) is 12.6. The molecular weight excluding hydrogens is 264 g/mol. The number of rotatable bonds is 5. The molecule has 0 radical (unpaired) electrons. The second kappa shape index (κ2) is 6.79. The molecule has 0 atom stereocenters. The number of carbonyl (C=O) groups excluding carboxylic acids is 1. The first kappa shape index (κ1) is 14.9. The van der Waals surface area contributed by atoms with Crippen molar-refractivity contribution >= 4 is 11.6 Å². The van der Waals surface area contributed by atoms with E-state index in [2.05, 4.69) is 10.6 Å². The number of ether oxygens (including phenoxy) is 1. The molecule has 4 nitrogen and oxygen atoms in total. The third kappa shape index (κ3) is 3.75. The fourth-order valence-electron chi connectivity index (χ4n) is 2.08. The first-order valence-corrected chi connectivity index (χ1v) is 6.83. The van der Waals surface area contributed by atoms with Crippen LogP contribution in [0.3, 0.4) is 0 Å². The van der Waals surface area contributed by atoms with E-state index in [1.807, 2.05) is 49.4 Å². The molecule has 0 aliphatic rings. The Bertz CT molecular complexity index is 638. The molecule has 0 saturated heterocycles. The maximum absolute atomic E-state index is 11.7. The largest absolute Gasteiger partial charge is 0.497 e. The minimum atomic E-state index is -0.0839. The molecule has 0 heterocycles. The highest BCUT2D eigenvalue weighted by Crippen LogP contribution is 2.19. The lowest BCUT2D eigenvalue weighted by Crippen LogP contribution is -2.18. The maximum Gasteiger partial charge on any atom is 0.251 e. The number of anilines is 1. The third-order valence-corrected chi connectivity index (χ3v) is 3.34. The number of aryl methyl sites for hydroxylation is 1. The second-order valence-corrected chi connectivity index (χ2v) is 4.81. The SMILES string of the molecule is CNC(=O)c1ccc(C)c(NCc2cccc(OC)c2)c1. The lowest BCUT2D eigenvalue weighted by Gasteiger charge is -2.12. The molecule has 2 N–H and O–H groups in total. The summed E-state index contributed by atoms with van der Waals surface area (Å²) in [5, 5.41) is 6.00. The van der Waals surface area contributed by atoms with Crippen LogP contribution in [0.5, 0.6) is 5.75 Å². The Morgan fingerprint density at radius 3 is 2.71 bits per heavy atom. The van der Waals surface area contributed by atoms with Gasteiger partial charge in [-0.3, -0.25) is 4.79 Å². The molecule has 0 aliphatic heterocycles. The van der Waals surface area contributed by atoms with E-state index in [0.29, 0.717) is 12.1 Å². The average molecular weight is 284 g/mol. The number of amides is 1. The summed E-state index contributed by atoms with van der Waals surface area (Å²) in [6.07, 6.45) is 0. The van der Waals surface area contributed by atoms with Gasteiger partial charge in [0, 0.05) is 24.8 Å². The van der Waals surface area contributed by atoms with Gasteiger partial charge in [-0.2, -0.15) is 0 Å². The minimum absolute atomic E-state index is 0.0839. The quantitative estimate of drug-likeness (QED) is 0.887. The second-order valence-electron chi connectivity index (χ2n) is 4.81. The number of carbonyl (C=O) groups is 1. The first-order valence-electron chi connectivity index (χ1n) is 6.83. The molecule has 21 heavy (non-hydrogen) atoms. The van der Waals surface area contributed by atoms with Crippen molar-refractivity contribution in [1.29, 1.82) is 0 Å². The Hall–Kier alpha value is -2.49. The zero-order valence-electron chi connectivity index (χ0n) is 12.6. The Morgan fingerprint density at radius 2 is 2.00 bits per heavy atom. The van der Waals surface area contributed by atoms with Crippen LogP contribution in [0.25, 0.3) is 0 Å². The zero-order chi connectivity index (χ0) is 15.2. The maximum atomic E-state index is 11.7. The van der Waals surface area contributed by atoms with Crippen LogP contribution in [-0.2, 0) is 6.54 Å². The van der Waals surface area contributed by atoms with Crippen LogP contribution in [-0.4, -0.2) is 20.1 Å². The molecule has 0 spiro atoms. The topological polar surface area (TPSA) is 50.4 Å². The van der Waals surface area contributed by atoms with Crippen molar-refractivity contribution in [2.24, 2.45) is 0 Å². The van der Waals surface area contributed by atoms with Crippen LogP contribution >= 0.6 is 0 Å². The summed E-state index contributed by atoms with van der Waals surface area (Å²) >= 11 is 0. The summed E-state index contributed by atoms with van der Waals surface area (Å²) in [4.78, 5) is 11.7. The van der Waals surface area contributed by atoms with Gasteiger partial charge in [-0.1, -0.05) is 18.2 Å². The average Bonchev–Trinajstić information content (AvgIpc) is 2.53. The Balaban J connectivity index is 2.13. The number of hydrogen-bond donors (Lipinski definition) is 2. The summed E-state index contributed by atoms with van der Waals surface area (Å²) in [5.74, 6) is 0.754. The van der Waals surface area contributed by atoms with Crippen molar-refractivity contribution in [2.45, 2.75) is 13.5 Å². The molecule has 0 saturated carbocycles. The predicted octanol–water partition coefficient (Wildman–Crippen LogP) is 2.98. The van der Waals surface area contributed by atoms with Gasteiger partial charge in [0.25, 0.3) is 5.91 Å². The Kier molecular flexibility index (Phi) is 4.82. The first-order chi connectivity index (χ1) is 10.1. The van der Waals surface area contributed by atoms with Gasteiger partial charge in [0.2, 0.25) is 0 Å². The van der Waals surface area contributed by atoms with Crippen molar-refractivity contribution in [3.63, 3.8) is 0 Å². The van der Waals surface area contributed by atoms with Gasteiger partial charge >= 0.3 is 0 Å². The summed E-state index contributed by atoms with van der Waals surface area (Å²) in [6.45, 7) is 2.69. The fourth-order valence-corrected chi connectivity index (χ4v) is 2.08. The van der Waals surface area contributed by atoms with Gasteiger partial charge in [-0.05, 0) is 42.3 Å². The van der Waals surface area contributed by atoms with Crippen LogP contribution in [0.15, 0.2) is 42.5 Å². The van der Waals surface area contributed by atoms with E-state index < -0.39 is 0 Å². The van der Waals surface area contributed by atoms with Crippen LogP contribution in [0.4, 0.5) is 5.69 Å². The standard InChI is InChI=1S/C17H20N2O2/c1-12-7-8-14(17(20)18-2)10-16(12)19-11-13-5-4-6-15(9-13)21-3/h4-10,19H,11H2,1-3H3,(H,18,20). The van der Waals surface area contributed by atoms with E-state index in [1.54, 1.807) is 14.2 Å². The number of hydrogen-bond acceptors (Lipinski definition) is 3. The summed E-state index contributed by atoms with van der Waals surface area (Å²) < 4.78 is 5.22. The molecule has 0 aliphatic carbocycles. The normalized spacial score (nSPS) is 10.0. The Labute approximate surface area is 125 Å². The van der Waals surface area contributed by atoms with Gasteiger partial charge in [0.15, 0.2) is 0 Å². The van der Waals surface area contributed by atoms with E-state index in [9.17, 15) is 4.79 Å². The number of nitrogens with one attached hydrogen (secondary N) is 2. The van der Waals surface area contributed by atoms with Gasteiger partial charge in [-0.25, -0.2) is 0 Å². The van der Waals surface area contributed by atoms with Gasteiger partial charge < -0.3 is 15.4 Å². The van der Waals surface area contributed by atoms with Crippen molar-refractivity contribution in [1.82, 2.24) is 5.32 Å². The predicted molar refractivity (Wildman–Crippen MR) is 84.9 cm³/mol. The molecule has 0 fully saturated rings. The Morgan fingerprint density at radius 1 is 1.19 bits per heavy atom.